The van der Waals surface area contributed by atoms with Crippen molar-refractivity contribution in [3.8, 4) is 0 Å². The number of hydrogen-bond acceptors (Lipinski definition) is 6. The van der Waals surface area contributed by atoms with Gasteiger partial charge >= 0.3 is 4.93 Å². The number of anilines is 1. The summed E-state index contributed by atoms with van der Waals surface area (Å²) in [6.45, 7) is 6.14. The van der Waals surface area contributed by atoms with Crippen LogP contribution in [0.3, 0.4) is 0 Å². The van der Waals surface area contributed by atoms with E-state index in [1.165, 1.54) is 11.8 Å². The summed E-state index contributed by atoms with van der Waals surface area (Å²) in [5.74, 6) is 0. The number of benzene rings is 2. The maximum atomic E-state index is 11.6. The molecule has 0 spiro atoms. The normalized spacial score (nSPS) is 19.5. The molecule has 2 aromatic carbocycles. The van der Waals surface area contributed by atoms with Gasteiger partial charge in [-0.15, -0.1) is 0 Å². The Morgan fingerprint density at radius 3 is 2.20 bits per heavy atom. The summed E-state index contributed by atoms with van der Waals surface area (Å²) < 4.78 is 40.0. The highest BCUT2D eigenvalue weighted by molar-refractivity contribution is 8.01. The molecule has 30 heavy (non-hydrogen) atoms. The van der Waals surface area contributed by atoms with E-state index in [0.717, 1.165) is 27.3 Å². The van der Waals surface area contributed by atoms with Crippen molar-refractivity contribution in [1.82, 2.24) is 0 Å². The van der Waals surface area contributed by atoms with Crippen molar-refractivity contribution in [2.24, 2.45) is 5.41 Å². The van der Waals surface area contributed by atoms with Gasteiger partial charge in [0.2, 0.25) is 0 Å². The highest BCUT2D eigenvalue weighted by Crippen LogP contribution is 2.51. The fourth-order valence-corrected chi connectivity index (χ4v) is 5.11. The van der Waals surface area contributed by atoms with E-state index < -0.39 is 15.2 Å². The van der Waals surface area contributed by atoms with Crippen LogP contribution in [0.1, 0.15) is 31.9 Å². The largest absolute Gasteiger partial charge is 0.378 e. The molecule has 0 amide bonds. The first-order chi connectivity index (χ1) is 13.9. The average molecular weight is 448 g/mol. The van der Waals surface area contributed by atoms with Crippen LogP contribution in [0.2, 0.25) is 0 Å². The van der Waals surface area contributed by atoms with Crippen molar-refractivity contribution in [3.63, 3.8) is 0 Å². The summed E-state index contributed by atoms with van der Waals surface area (Å²) in [4.78, 5) is 1.38. The van der Waals surface area contributed by atoms with E-state index in [1.54, 1.807) is 18.2 Å². The third kappa shape index (κ3) is 5.46. The molecular weight excluding hydrogens is 422 g/mol. The second-order valence-corrected chi connectivity index (χ2v) is 10.6. The van der Waals surface area contributed by atoms with Crippen LogP contribution in [0.25, 0.3) is 11.6 Å². The maximum absolute atomic E-state index is 11.6. The highest BCUT2D eigenvalue weighted by Gasteiger charge is 2.48. The van der Waals surface area contributed by atoms with Gasteiger partial charge in [-0.1, -0.05) is 68.9 Å². The molecule has 7 heteroatoms. The molecule has 0 bridgehead atoms. The number of hydrogen-bond donors (Lipinski definition) is 0. The van der Waals surface area contributed by atoms with Crippen molar-refractivity contribution >= 4 is 29.1 Å². The molecule has 1 atom stereocenters. The lowest BCUT2D eigenvalue weighted by Gasteiger charge is -2.34. The lowest BCUT2D eigenvalue weighted by atomic mass is 9.81. The molecule has 160 valence electrons. The molecule has 0 saturated carbocycles. The number of halogens is 1. The van der Waals surface area contributed by atoms with Crippen LogP contribution in [-0.2, 0) is 4.29 Å². The lowest BCUT2D eigenvalue weighted by Crippen LogP contribution is -2.63. The molecular formula is C23H26ClNO4S. The molecule has 0 aliphatic carbocycles. The Hall–Kier alpha value is -1.80. The Morgan fingerprint density at radius 1 is 1.00 bits per heavy atom. The molecule has 1 unspecified atom stereocenters. The number of nitrogens with zero attached hydrogens (tertiary/aromatic N) is 1. The van der Waals surface area contributed by atoms with Crippen LogP contribution in [0.5, 0.6) is 0 Å². The first kappa shape index (κ1) is 22.9. The summed E-state index contributed by atoms with van der Waals surface area (Å²) in [6, 6.07) is 15.5. The van der Waals surface area contributed by atoms with Gasteiger partial charge in [-0.3, -0.25) is 0 Å². The van der Waals surface area contributed by atoms with Crippen LogP contribution in [0, 0.1) is 15.7 Å². The Kier molecular flexibility index (Phi) is 6.39. The molecule has 0 aromatic heterocycles. The average Bonchev–Trinajstić information content (AvgIpc) is 2.64. The third-order valence-electron chi connectivity index (χ3n) is 4.73. The Morgan fingerprint density at radius 2 is 1.63 bits per heavy atom. The minimum Gasteiger partial charge on any atom is -0.378 e. The Bertz CT molecular complexity index is 958. The van der Waals surface area contributed by atoms with Crippen molar-refractivity contribution in [3.05, 3.63) is 71.8 Å². The van der Waals surface area contributed by atoms with E-state index >= 15 is 0 Å². The molecule has 1 aliphatic heterocycles. The quantitative estimate of drug-likeness (QED) is 0.700. The van der Waals surface area contributed by atoms with E-state index in [4.69, 9.17) is 4.29 Å². The van der Waals surface area contributed by atoms with Gasteiger partial charge in [0.15, 0.2) is 0 Å². The van der Waals surface area contributed by atoms with Crippen molar-refractivity contribution in [2.75, 3.05) is 19.0 Å². The summed E-state index contributed by atoms with van der Waals surface area (Å²) in [5, 5.41) is 0. The molecule has 2 aromatic rings. The van der Waals surface area contributed by atoms with Gasteiger partial charge in [0.25, 0.3) is 0 Å². The van der Waals surface area contributed by atoms with Gasteiger partial charge in [-0.2, -0.15) is 14.0 Å². The minimum absolute atomic E-state index is 0.281. The predicted molar refractivity (Wildman–Crippen MR) is 113 cm³/mol. The van der Waals surface area contributed by atoms with Gasteiger partial charge in [-0.25, -0.2) is 0 Å². The second kappa shape index (κ2) is 8.38. The smallest absolute Gasteiger partial charge is 0.311 e. The molecule has 0 fully saturated rings. The van der Waals surface area contributed by atoms with Crippen LogP contribution in [0.15, 0.2) is 65.6 Å². The molecule has 5 nitrogen and oxygen atoms in total. The zero-order chi connectivity index (χ0) is 22.2. The standard InChI is InChI=1S/C23H26ClNO4S/c1-22(2,3)20-16-23(29-24(26,27)28,30-21-9-7-6-8-19(20)21)15-14-17-10-12-18(13-11-17)25(4)5/h6-16H,1-5H3. The number of thioether (sulfide) groups is 1. The Labute approximate surface area is 184 Å². The molecule has 3 rings (SSSR count). The zero-order valence-electron chi connectivity index (χ0n) is 17.7. The number of rotatable bonds is 5. The van der Waals surface area contributed by atoms with Crippen molar-refractivity contribution < 1.29 is 28.5 Å². The maximum Gasteiger partial charge on any atom is 0.311 e. The molecule has 0 N–H and O–H groups in total. The molecule has 0 radical (unpaired) electrons. The molecule has 0 saturated heterocycles. The van der Waals surface area contributed by atoms with Crippen LogP contribution in [0.4, 0.5) is 5.69 Å². The topological polar surface area (TPSA) is 81.7 Å². The fraction of sp³-hybridized carbons (Fsp3) is 0.304. The van der Waals surface area contributed by atoms with Gasteiger partial charge in [0.05, 0.1) is 14.5 Å². The van der Waals surface area contributed by atoms with E-state index in [9.17, 15) is 14.0 Å². The van der Waals surface area contributed by atoms with E-state index in [-0.39, 0.29) is 5.41 Å². The summed E-state index contributed by atoms with van der Waals surface area (Å²) in [6.07, 6.45) is 5.15. The summed E-state index contributed by atoms with van der Waals surface area (Å²) in [7, 11) is -0.725. The monoisotopic (exact) mass is 447 g/mol. The fourth-order valence-electron chi connectivity index (χ4n) is 3.27. The number of fused-ring (bicyclic) bond motifs is 1. The highest BCUT2D eigenvalue weighted by atomic mass is 35.7. The molecule has 1 heterocycles. The lowest BCUT2D eigenvalue weighted by molar-refractivity contribution is -1.92. The Balaban J connectivity index is 2.08. The zero-order valence-corrected chi connectivity index (χ0v) is 19.3. The third-order valence-corrected chi connectivity index (χ3v) is 6.50. The predicted octanol–water partition coefficient (Wildman–Crippen LogP) is 2.61. The summed E-state index contributed by atoms with van der Waals surface area (Å²) in [5.41, 5.74) is 3.57. The van der Waals surface area contributed by atoms with Gasteiger partial charge < -0.3 is 4.90 Å². The van der Waals surface area contributed by atoms with Crippen LogP contribution < -0.4 is 18.9 Å². The first-order valence-electron chi connectivity index (χ1n) is 9.48. The van der Waals surface area contributed by atoms with Gasteiger partial charge in [-0.05, 0) is 52.5 Å². The van der Waals surface area contributed by atoms with Crippen molar-refractivity contribution in [1.29, 1.82) is 0 Å². The van der Waals surface area contributed by atoms with Crippen LogP contribution in [-0.4, -0.2) is 19.0 Å². The summed E-state index contributed by atoms with van der Waals surface area (Å²) >= 11 is 1.20. The minimum atomic E-state index is -4.64. The van der Waals surface area contributed by atoms with Gasteiger partial charge in [0.1, 0.15) is 0 Å². The van der Waals surface area contributed by atoms with Gasteiger partial charge in [0, 0.05) is 24.7 Å². The first-order valence-corrected chi connectivity index (χ1v) is 11.5. The van der Waals surface area contributed by atoms with Crippen molar-refractivity contribution in [2.45, 2.75) is 30.6 Å². The van der Waals surface area contributed by atoms with Crippen LogP contribution >= 0.6 is 11.8 Å². The second-order valence-electron chi connectivity index (χ2n) is 8.40. The number of allylic oxidation sites excluding steroid dienone is 1. The van der Waals surface area contributed by atoms with E-state index in [1.807, 2.05) is 88.3 Å². The SMILES string of the molecule is CN(C)c1ccc(C=CC2(O[Cl+3]([O-])([O-])[O-])C=C(C(C)(C)C)c3ccccc3S2)cc1. The van der Waals surface area contributed by atoms with E-state index in [0.29, 0.717) is 0 Å². The molecule has 1 aliphatic rings. The van der Waals surface area contributed by atoms with E-state index in [2.05, 4.69) is 0 Å².